The van der Waals surface area contributed by atoms with Crippen molar-refractivity contribution in [2.24, 2.45) is 7.05 Å². The molecule has 25 heavy (non-hydrogen) atoms. The van der Waals surface area contributed by atoms with Crippen LogP contribution in [0.25, 0.3) is 11.1 Å². The number of nitrogens with zero attached hydrogens (tertiary/aromatic N) is 5. The number of hydrogen-bond donors (Lipinski definition) is 1. The quantitative estimate of drug-likeness (QED) is 0.567. The minimum Gasteiger partial charge on any atom is -0.360 e. The molecule has 3 rings (SSSR count). The van der Waals surface area contributed by atoms with Crippen LogP contribution in [0.3, 0.4) is 0 Å². The van der Waals surface area contributed by atoms with Gasteiger partial charge in [0.2, 0.25) is 5.82 Å². The summed E-state index contributed by atoms with van der Waals surface area (Å²) in [7, 11) is 1.85. The standard InChI is InChI=1S/C17H14N6O2/c1-22-11-15(10-21-22)13-4-2-3-12(7-13)9-20-17-16(23(24)25)14(8-18)5-6-19-17/h2-7,10-11H,9H2,1H3,(H,19,20). The second-order valence-electron chi connectivity index (χ2n) is 5.38. The fourth-order valence-electron chi connectivity index (χ4n) is 2.48. The van der Waals surface area contributed by atoms with E-state index < -0.39 is 4.92 Å². The van der Waals surface area contributed by atoms with Gasteiger partial charge in [0.1, 0.15) is 11.6 Å². The monoisotopic (exact) mass is 334 g/mol. The molecular formula is C17H14N6O2. The number of aryl methyl sites for hydroxylation is 1. The van der Waals surface area contributed by atoms with Crippen molar-refractivity contribution in [2.75, 3.05) is 5.32 Å². The second-order valence-corrected chi connectivity index (χ2v) is 5.38. The molecule has 0 bridgehead atoms. The summed E-state index contributed by atoms with van der Waals surface area (Å²) < 4.78 is 1.72. The molecule has 1 aromatic carbocycles. The summed E-state index contributed by atoms with van der Waals surface area (Å²) in [5.74, 6) is 0.0795. The zero-order valence-electron chi connectivity index (χ0n) is 13.4. The SMILES string of the molecule is Cn1cc(-c2cccc(CNc3nccc(C#N)c3[N+](=O)[O-])c2)cn1. The summed E-state index contributed by atoms with van der Waals surface area (Å²) >= 11 is 0. The van der Waals surface area contributed by atoms with Gasteiger partial charge in [0.25, 0.3) is 0 Å². The van der Waals surface area contributed by atoms with Crippen LogP contribution >= 0.6 is 0 Å². The number of hydrogen-bond acceptors (Lipinski definition) is 6. The Kier molecular flexibility index (Phi) is 4.39. The lowest BCUT2D eigenvalue weighted by Gasteiger charge is -2.08. The van der Waals surface area contributed by atoms with Crippen LogP contribution in [0.5, 0.6) is 0 Å². The molecule has 3 aromatic rings. The maximum Gasteiger partial charge on any atom is 0.328 e. The largest absolute Gasteiger partial charge is 0.360 e. The number of anilines is 1. The number of pyridine rings is 1. The van der Waals surface area contributed by atoms with Crippen LogP contribution < -0.4 is 5.32 Å². The Morgan fingerprint density at radius 3 is 2.88 bits per heavy atom. The molecule has 1 N–H and O–H groups in total. The van der Waals surface area contributed by atoms with Gasteiger partial charge in [-0.15, -0.1) is 0 Å². The van der Waals surface area contributed by atoms with Crippen molar-refractivity contribution >= 4 is 11.5 Å². The van der Waals surface area contributed by atoms with Gasteiger partial charge in [0.15, 0.2) is 0 Å². The van der Waals surface area contributed by atoms with Gasteiger partial charge in [-0.05, 0) is 23.3 Å². The second kappa shape index (κ2) is 6.80. The Hall–Kier alpha value is -3.73. The van der Waals surface area contributed by atoms with Crippen molar-refractivity contribution in [1.82, 2.24) is 14.8 Å². The van der Waals surface area contributed by atoms with E-state index in [2.05, 4.69) is 15.4 Å². The Balaban J connectivity index is 1.83. The molecule has 0 spiro atoms. The van der Waals surface area contributed by atoms with Crippen molar-refractivity contribution in [2.45, 2.75) is 6.54 Å². The predicted molar refractivity (Wildman–Crippen MR) is 91.6 cm³/mol. The molecule has 2 aromatic heterocycles. The van der Waals surface area contributed by atoms with E-state index in [0.717, 1.165) is 16.7 Å². The van der Waals surface area contributed by atoms with Gasteiger partial charge in [-0.1, -0.05) is 18.2 Å². The average molecular weight is 334 g/mol. The number of benzene rings is 1. The predicted octanol–water partition coefficient (Wildman–Crippen LogP) is 2.87. The molecule has 0 atom stereocenters. The van der Waals surface area contributed by atoms with Crippen LogP contribution in [-0.4, -0.2) is 19.7 Å². The molecule has 124 valence electrons. The van der Waals surface area contributed by atoms with Crippen molar-refractivity contribution in [3.63, 3.8) is 0 Å². The van der Waals surface area contributed by atoms with Gasteiger partial charge in [-0.25, -0.2) is 4.98 Å². The molecular weight excluding hydrogens is 320 g/mol. The van der Waals surface area contributed by atoms with E-state index in [9.17, 15) is 10.1 Å². The molecule has 2 heterocycles. The van der Waals surface area contributed by atoms with Gasteiger partial charge >= 0.3 is 5.69 Å². The molecule has 0 amide bonds. The third kappa shape index (κ3) is 3.45. The van der Waals surface area contributed by atoms with Crippen LogP contribution in [-0.2, 0) is 13.6 Å². The minimum atomic E-state index is -0.597. The lowest BCUT2D eigenvalue weighted by molar-refractivity contribution is -0.384. The van der Waals surface area contributed by atoms with Crippen LogP contribution in [0, 0.1) is 21.4 Å². The van der Waals surface area contributed by atoms with Gasteiger partial charge in [-0.2, -0.15) is 10.4 Å². The average Bonchev–Trinajstić information content (AvgIpc) is 3.06. The van der Waals surface area contributed by atoms with Crippen LogP contribution in [0.2, 0.25) is 0 Å². The first kappa shape index (κ1) is 16.1. The van der Waals surface area contributed by atoms with E-state index >= 15 is 0 Å². The summed E-state index contributed by atoms with van der Waals surface area (Å²) in [5.41, 5.74) is 2.58. The Morgan fingerprint density at radius 2 is 2.20 bits per heavy atom. The maximum atomic E-state index is 11.2. The third-order valence-corrected chi connectivity index (χ3v) is 3.65. The highest BCUT2D eigenvalue weighted by Crippen LogP contribution is 2.26. The van der Waals surface area contributed by atoms with E-state index in [1.807, 2.05) is 43.6 Å². The van der Waals surface area contributed by atoms with Gasteiger partial charge < -0.3 is 5.32 Å². The highest BCUT2D eigenvalue weighted by molar-refractivity contribution is 5.65. The first-order chi connectivity index (χ1) is 12.1. The third-order valence-electron chi connectivity index (χ3n) is 3.65. The molecule has 0 saturated heterocycles. The normalized spacial score (nSPS) is 10.2. The smallest absolute Gasteiger partial charge is 0.328 e. The van der Waals surface area contributed by atoms with Crippen LogP contribution in [0.1, 0.15) is 11.1 Å². The van der Waals surface area contributed by atoms with E-state index in [1.165, 1.54) is 12.3 Å². The van der Waals surface area contributed by atoms with E-state index in [1.54, 1.807) is 10.9 Å². The van der Waals surface area contributed by atoms with Crippen molar-refractivity contribution in [3.8, 4) is 17.2 Å². The molecule has 0 aliphatic rings. The number of nitriles is 1. The van der Waals surface area contributed by atoms with Crippen molar-refractivity contribution < 1.29 is 4.92 Å². The molecule has 0 aliphatic carbocycles. The lowest BCUT2D eigenvalue weighted by atomic mass is 10.1. The van der Waals surface area contributed by atoms with E-state index in [-0.39, 0.29) is 17.1 Å². The number of aromatic nitrogens is 3. The number of rotatable bonds is 5. The lowest BCUT2D eigenvalue weighted by Crippen LogP contribution is -2.06. The van der Waals surface area contributed by atoms with Crippen molar-refractivity contribution in [3.05, 3.63) is 70.2 Å². The summed E-state index contributed by atoms with van der Waals surface area (Å²) in [6, 6.07) is 10.9. The Morgan fingerprint density at radius 1 is 1.36 bits per heavy atom. The zero-order valence-corrected chi connectivity index (χ0v) is 13.4. The van der Waals surface area contributed by atoms with Gasteiger partial charge in [-0.3, -0.25) is 14.8 Å². The van der Waals surface area contributed by atoms with Crippen molar-refractivity contribution in [1.29, 1.82) is 5.26 Å². The summed E-state index contributed by atoms with van der Waals surface area (Å²) in [4.78, 5) is 14.6. The Labute approximate surface area is 143 Å². The molecule has 0 aliphatic heterocycles. The highest BCUT2D eigenvalue weighted by Gasteiger charge is 2.20. The molecule has 0 unspecified atom stereocenters. The number of nitrogens with one attached hydrogen (secondary N) is 1. The minimum absolute atomic E-state index is 0.0217. The first-order valence-corrected chi connectivity index (χ1v) is 7.44. The van der Waals surface area contributed by atoms with Crippen LogP contribution in [0.15, 0.2) is 48.9 Å². The first-order valence-electron chi connectivity index (χ1n) is 7.44. The summed E-state index contributed by atoms with van der Waals surface area (Å²) in [6.45, 7) is 0.344. The fraction of sp³-hybridized carbons (Fsp3) is 0.118. The summed E-state index contributed by atoms with van der Waals surface area (Å²) in [6.07, 6.45) is 5.06. The topological polar surface area (TPSA) is 110 Å². The zero-order chi connectivity index (χ0) is 17.8. The Bertz CT molecular complexity index is 973. The van der Waals surface area contributed by atoms with E-state index in [4.69, 9.17) is 5.26 Å². The summed E-state index contributed by atoms with van der Waals surface area (Å²) in [5, 5.41) is 27.3. The maximum absolute atomic E-state index is 11.2. The molecule has 8 heteroatoms. The molecule has 0 saturated carbocycles. The molecule has 0 fully saturated rings. The van der Waals surface area contributed by atoms with Gasteiger partial charge in [0.05, 0.1) is 11.1 Å². The highest BCUT2D eigenvalue weighted by atomic mass is 16.6. The number of nitro groups is 1. The van der Waals surface area contributed by atoms with E-state index in [0.29, 0.717) is 6.54 Å². The van der Waals surface area contributed by atoms with Crippen LogP contribution in [0.4, 0.5) is 11.5 Å². The molecule has 8 nitrogen and oxygen atoms in total. The fourth-order valence-corrected chi connectivity index (χ4v) is 2.48. The molecule has 0 radical (unpaired) electrons. The van der Waals surface area contributed by atoms with Gasteiger partial charge in [0, 0.05) is 31.5 Å².